The van der Waals surface area contributed by atoms with E-state index in [0.29, 0.717) is 18.8 Å². The van der Waals surface area contributed by atoms with E-state index in [1.165, 1.54) is 12.1 Å². The Labute approximate surface area is 123 Å². The van der Waals surface area contributed by atoms with E-state index in [4.69, 9.17) is 5.26 Å². The third kappa shape index (κ3) is 4.16. The third-order valence-corrected chi connectivity index (χ3v) is 4.12. The Kier molecular flexibility index (Phi) is 5.27. The highest BCUT2D eigenvalue weighted by atomic mass is 32.2. The van der Waals surface area contributed by atoms with E-state index in [2.05, 4.69) is 6.07 Å². The SMILES string of the molecule is CCN(CC(C)C#N)c1ccc(S(C)(=O)=O)cc1[N+](=O)[O-]. The smallest absolute Gasteiger partial charge is 0.293 e. The average Bonchev–Trinajstić information content (AvgIpc) is 2.42. The van der Waals surface area contributed by atoms with Crippen LogP contribution in [0.1, 0.15) is 13.8 Å². The summed E-state index contributed by atoms with van der Waals surface area (Å²) >= 11 is 0. The maximum absolute atomic E-state index is 11.5. The van der Waals surface area contributed by atoms with Crippen molar-refractivity contribution >= 4 is 21.2 Å². The van der Waals surface area contributed by atoms with Crippen molar-refractivity contribution in [2.24, 2.45) is 5.92 Å². The predicted molar refractivity (Wildman–Crippen MR) is 78.9 cm³/mol. The zero-order valence-corrected chi connectivity index (χ0v) is 12.9. The molecule has 1 aromatic carbocycles. The quantitative estimate of drug-likeness (QED) is 0.587. The van der Waals surface area contributed by atoms with Gasteiger partial charge in [0.1, 0.15) is 5.69 Å². The summed E-state index contributed by atoms with van der Waals surface area (Å²) in [4.78, 5) is 12.2. The maximum Gasteiger partial charge on any atom is 0.293 e. The summed E-state index contributed by atoms with van der Waals surface area (Å²) < 4.78 is 23.0. The Morgan fingerprint density at radius 3 is 2.52 bits per heavy atom. The largest absolute Gasteiger partial charge is 0.365 e. The van der Waals surface area contributed by atoms with Gasteiger partial charge in [0.25, 0.3) is 5.69 Å². The van der Waals surface area contributed by atoms with Crippen LogP contribution in [0.15, 0.2) is 23.1 Å². The number of nitro benzene ring substituents is 1. The van der Waals surface area contributed by atoms with E-state index in [1.54, 1.807) is 11.8 Å². The van der Waals surface area contributed by atoms with E-state index in [9.17, 15) is 18.5 Å². The van der Waals surface area contributed by atoms with Crippen LogP contribution in [0.5, 0.6) is 0 Å². The van der Waals surface area contributed by atoms with E-state index in [1.807, 2.05) is 6.92 Å². The Hall–Kier alpha value is -2.14. The van der Waals surface area contributed by atoms with Crippen molar-refractivity contribution in [1.29, 1.82) is 5.26 Å². The standard InChI is InChI=1S/C13H17N3O4S/c1-4-15(9-10(2)8-14)12-6-5-11(21(3,19)20)7-13(12)16(17)18/h5-7,10H,4,9H2,1-3H3. The Morgan fingerprint density at radius 1 is 1.48 bits per heavy atom. The molecule has 0 radical (unpaired) electrons. The monoisotopic (exact) mass is 311 g/mol. The molecule has 0 saturated carbocycles. The summed E-state index contributed by atoms with van der Waals surface area (Å²) in [5.74, 6) is -0.292. The second kappa shape index (κ2) is 6.54. The van der Waals surface area contributed by atoms with Gasteiger partial charge in [0.2, 0.25) is 0 Å². The molecule has 0 aliphatic heterocycles. The van der Waals surface area contributed by atoms with Gasteiger partial charge in [0.15, 0.2) is 9.84 Å². The molecule has 0 spiro atoms. The first kappa shape index (κ1) is 16.9. The molecular formula is C13H17N3O4S. The van der Waals surface area contributed by atoms with Crippen LogP contribution in [-0.4, -0.2) is 32.7 Å². The molecule has 0 bridgehead atoms. The van der Waals surface area contributed by atoms with E-state index in [-0.39, 0.29) is 16.5 Å². The third-order valence-electron chi connectivity index (χ3n) is 3.01. The van der Waals surface area contributed by atoms with Gasteiger partial charge >= 0.3 is 0 Å². The highest BCUT2D eigenvalue weighted by molar-refractivity contribution is 7.90. The van der Waals surface area contributed by atoms with Gasteiger partial charge in [-0.05, 0) is 26.0 Å². The molecule has 1 atom stereocenters. The lowest BCUT2D eigenvalue weighted by molar-refractivity contribution is -0.384. The normalized spacial score (nSPS) is 12.5. The summed E-state index contributed by atoms with van der Waals surface area (Å²) in [7, 11) is -3.51. The van der Waals surface area contributed by atoms with Crippen molar-refractivity contribution in [3.8, 4) is 6.07 Å². The zero-order chi connectivity index (χ0) is 16.2. The van der Waals surface area contributed by atoms with Crippen molar-refractivity contribution in [3.05, 3.63) is 28.3 Å². The van der Waals surface area contributed by atoms with Crippen molar-refractivity contribution < 1.29 is 13.3 Å². The number of benzene rings is 1. The molecule has 1 rings (SSSR count). The van der Waals surface area contributed by atoms with Gasteiger partial charge in [0, 0.05) is 25.4 Å². The molecule has 0 N–H and O–H groups in total. The maximum atomic E-state index is 11.5. The molecule has 0 aliphatic carbocycles. The lowest BCUT2D eigenvalue weighted by atomic mass is 10.1. The molecule has 0 fully saturated rings. The molecule has 0 heterocycles. The minimum Gasteiger partial charge on any atom is -0.365 e. The molecule has 0 saturated heterocycles. The van der Waals surface area contributed by atoms with Crippen LogP contribution in [-0.2, 0) is 9.84 Å². The summed E-state index contributed by atoms with van der Waals surface area (Å²) in [6, 6.07) is 5.90. The van der Waals surface area contributed by atoms with Crippen LogP contribution in [0.4, 0.5) is 11.4 Å². The first-order valence-corrected chi connectivity index (χ1v) is 8.22. The molecule has 1 aromatic rings. The fourth-order valence-electron chi connectivity index (χ4n) is 1.92. The Bertz CT molecular complexity index is 679. The van der Waals surface area contributed by atoms with E-state index in [0.717, 1.165) is 12.3 Å². The Balaban J connectivity index is 3.35. The van der Waals surface area contributed by atoms with Crippen LogP contribution in [0.25, 0.3) is 0 Å². The molecule has 0 aromatic heterocycles. The molecule has 114 valence electrons. The van der Waals surface area contributed by atoms with Gasteiger partial charge in [-0.1, -0.05) is 0 Å². The molecular weight excluding hydrogens is 294 g/mol. The van der Waals surface area contributed by atoms with Crippen LogP contribution >= 0.6 is 0 Å². The lowest BCUT2D eigenvalue weighted by Crippen LogP contribution is -2.28. The Morgan fingerprint density at radius 2 is 2.10 bits per heavy atom. The number of nitro groups is 1. The summed E-state index contributed by atoms with van der Waals surface area (Å²) in [5, 5.41) is 20.1. The number of anilines is 1. The van der Waals surface area contributed by atoms with Crippen LogP contribution in [0.3, 0.4) is 0 Å². The zero-order valence-electron chi connectivity index (χ0n) is 12.1. The summed E-state index contributed by atoms with van der Waals surface area (Å²) in [6.45, 7) is 4.36. The number of sulfone groups is 1. The van der Waals surface area contributed by atoms with Crippen molar-refractivity contribution in [3.63, 3.8) is 0 Å². The molecule has 0 amide bonds. The molecule has 8 heteroatoms. The molecule has 7 nitrogen and oxygen atoms in total. The number of rotatable bonds is 6. The van der Waals surface area contributed by atoms with Gasteiger partial charge < -0.3 is 4.90 Å². The second-order valence-electron chi connectivity index (χ2n) is 4.75. The van der Waals surface area contributed by atoms with Gasteiger partial charge in [-0.2, -0.15) is 5.26 Å². The van der Waals surface area contributed by atoms with Crippen LogP contribution in [0, 0.1) is 27.4 Å². The fourth-order valence-corrected chi connectivity index (χ4v) is 2.56. The second-order valence-corrected chi connectivity index (χ2v) is 6.76. The van der Waals surface area contributed by atoms with E-state index < -0.39 is 14.8 Å². The van der Waals surface area contributed by atoms with Gasteiger partial charge in [-0.15, -0.1) is 0 Å². The number of hydrogen-bond donors (Lipinski definition) is 0. The fraction of sp³-hybridized carbons (Fsp3) is 0.462. The van der Waals surface area contributed by atoms with E-state index >= 15 is 0 Å². The number of hydrogen-bond acceptors (Lipinski definition) is 6. The van der Waals surface area contributed by atoms with Gasteiger partial charge in [-0.3, -0.25) is 10.1 Å². The van der Waals surface area contributed by atoms with Crippen molar-refractivity contribution in [2.75, 3.05) is 24.2 Å². The number of nitrogens with zero attached hydrogens (tertiary/aromatic N) is 3. The molecule has 1 unspecified atom stereocenters. The lowest BCUT2D eigenvalue weighted by Gasteiger charge is -2.24. The predicted octanol–water partition coefficient (Wildman–Crippen LogP) is 1.98. The van der Waals surface area contributed by atoms with Crippen molar-refractivity contribution in [2.45, 2.75) is 18.7 Å². The van der Waals surface area contributed by atoms with Gasteiger partial charge in [-0.25, -0.2) is 8.42 Å². The van der Waals surface area contributed by atoms with Crippen LogP contribution in [0.2, 0.25) is 0 Å². The highest BCUT2D eigenvalue weighted by Crippen LogP contribution is 2.31. The minimum atomic E-state index is -3.51. The topological polar surface area (TPSA) is 104 Å². The first-order chi connectivity index (χ1) is 9.70. The highest BCUT2D eigenvalue weighted by Gasteiger charge is 2.22. The van der Waals surface area contributed by atoms with Crippen LogP contribution < -0.4 is 4.90 Å². The summed E-state index contributed by atoms with van der Waals surface area (Å²) in [6.07, 6.45) is 1.00. The first-order valence-electron chi connectivity index (χ1n) is 6.33. The minimum absolute atomic E-state index is 0.0951. The van der Waals surface area contributed by atoms with Gasteiger partial charge in [0.05, 0.1) is 21.8 Å². The number of nitriles is 1. The molecule has 21 heavy (non-hydrogen) atoms. The average molecular weight is 311 g/mol. The van der Waals surface area contributed by atoms with Crippen molar-refractivity contribution in [1.82, 2.24) is 0 Å². The summed E-state index contributed by atoms with van der Waals surface area (Å²) in [5.41, 5.74) is 0.0434. The molecule has 0 aliphatic rings.